The normalized spacial score (nSPS) is 19.2. The van der Waals surface area contributed by atoms with Crippen molar-refractivity contribution >= 4 is 15.9 Å². The first kappa shape index (κ1) is 19.9. The van der Waals surface area contributed by atoms with E-state index in [1.54, 1.807) is 17.0 Å². The zero-order valence-corrected chi connectivity index (χ0v) is 16.3. The van der Waals surface area contributed by atoms with Crippen LogP contribution in [0, 0.1) is 17.5 Å². The highest BCUT2D eigenvalue weighted by Gasteiger charge is 2.53. The molecule has 29 heavy (non-hydrogen) atoms. The highest BCUT2D eigenvalue weighted by atomic mass is 32.2. The fourth-order valence-corrected chi connectivity index (χ4v) is 5.27. The van der Waals surface area contributed by atoms with Gasteiger partial charge in [-0.15, -0.1) is 0 Å². The first-order chi connectivity index (χ1) is 13.7. The van der Waals surface area contributed by atoms with Gasteiger partial charge in [-0.1, -0.05) is 12.1 Å². The molecule has 0 bridgehead atoms. The summed E-state index contributed by atoms with van der Waals surface area (Å²) >= 11 is 0. The highest BCUT2D eigenvalue weighted by Crippen LogP contribution is 2.49. The SMILES string of the molecule is O=C(N1CCN(S(=O)(=O)c2cc(F)ccc2F)CC1)C1(c2ccc(F)cc2)CC1. The van der Waals surface area contributed by atoms with Crippen LogP contribution in [0.4, 0.5) is 13.2 Å². The van der Waals surface area contributed by atoms with Crippen LogP contribution in [0.1, 0.15) is 18.4 Å². The molecule has 0 radical (unpaired) electrons. The molecule has 1 amide bonds. The number of benzene rings is 2. The van der Waals surface area contributed by atoms with Crippen molar-refractivity contribution in [3.8, 4) is 0 Å². The average molecular weight is 424 g/mol. The zero-order chi connectivity index (χ0) is 20.8. The highest BCUT2D eigenvalue weighted by molar-refractivity contribution is 7.89. The van der Waals surface area contributed by atoms with Crippen LogP contribution < -0.4 is 0 Å². The minimum Gasteiger partial charge on any atom is -0.339 e. The van der Waals surface area contributed by atoms with Gasteiger partial charge in [0.1, 0.15) is 22.3 Å². The summed E-state index contributed by atoms with van der Waals surface area (Å²) in [6.07, 6.45) is 1.31. The molecule has 2 aromatic rings. The molecular formula is C20H19F3N2O3S. The molecule has 5 nitrogen and oxygen atoms in total. The molecule has 0 N–H and O–H groups in total. The van der Waals surface area contributed by atoms with Gasteiger partial charge in [-0.05, 0) is 48.7 Å². The molecule has 0 atom stereocenters. The van der Waals surface area contributed by atoms with Gasteiger partial charge in [0.2, 0.25) is 15.9 Å². The van der Waals surface area contributed by atoms with Crippen LogP contribution in [0.2, 0.25) is 0 Å². The van der Waals surface area contributed by atoms with Crippen LogP contribution in [0.3, 0.4) is 0 Å². The maximum absolute atomic E-state index is 13.9. The van der Waals surface area contributed by atoms with Crippen LogP contribution >= 0.6 is 0 Å². The predicted octanol–water partition coefficient (Wildman–Crippen LogP) is 2.67. The number of halogens is 3. The second-order valence-corrected chi connectivity index (χ2v) is 9.27. The Hall–Kier alpha value is -2.39. The number of nitrogens with zero attached hydrogens (tertiary/aromatic N) is 2. The van der Waals surface area contributed by atoms with Crippen molar-refractivity contribution in [3.05, 3.63) is 65.5 Å². The molecule has 4 rings (SSSR count). The third kappa shape index (κ3) is 3.53. The number of hydrogen-bond donors (Lipinski definition) is 0. The number of piperazine rings is 1. The molecule has 0 spiro atoms. The molecule has 1 heterocycles. The Bertz CT molecular complexity index is 1050. The Kier molecular flexibility index (Phi) is 4.90. The van der Waals surface area contributed by atoms with Crippen LogP contribution in [0.25, 0.3) is 0 Å². The van der Waals surface area contributed by atoms with Gasteiger partial charge in [-0.2, -0.15) is 4.31 Å². The van der Waals surface area contributed by atoms with E-state index in [1.165, 1.54) is 12.1 Å². The first-order valence-corrected chi connectivity index (χ1v) is 10.7. The summed E-state index contributed by atoms with van der Waals surface area (Å²) in [6, 6.07) is 8.15. The van der Waals surface area contributed by atoms with Gasteiger partial charge >= 0.3 is 0 Å². The molecule has 0 aromatic heterocycles. The number of carbonyl (C=O) groups excluding carboxylic acids is 1. The van der Waals surface area contributed by atoms with Crippen molar-refractivity contribution in [2.45, 2.75) is 23.2 Å². The number of rotatable bonds is 4. The quantitative estimate of drug-likeness (QED) is 0.758. The van der Waals surface area contributed by atoms with Crippen molar-refractivity contribution < 1.29 is 26.4 Å². The predicted molar refractivity (Wildman–Crippen MR) is 99.0 cm³/mol. The van der Waals surface area contributed by atoms with Gasteiger partial charge < -0.3 is 4.90 Å². The second kappa shape index (κ2) is 7.14. The Morgan fingerprint density at radius 1 is 0.862 bits per heavy atom. The Balaban J connectivity index is 1.47. The molecule has 2 aromatic carbocycles. The Labute approximate surface area is 166 Å². The van der Waals surface area contributed by atoms with E-state index in [1.807, 2.05) is 0 Å². The fourth-order valence-electron chi connectivity index (χ4n) is 3.77. The van der Waals surface area contributed by atoms with Gasteiger partial charge in [0.15, 0.2) is 0 Å². The molecule has 9 heteroatoms. The number of sulfonamides is 1. The van der Waals surface area contributed by atoms with E-state index < -0.39 is 32.0 Å². The molecule has 1 aliphatic heterocycles. The van der Waals surface area contributed by atoms with Crippen LogP contribution in [-0.4, -0.2) is 49.7 Å². The van der Waals surface area contributed by atoms with Gasteiger partial charge in [0.05, 0.1) is 5.41 Å². The molecule has 1 saturated heterocycles. The van der Waals surface area contributed by atoms with Crippen molar-refractivity contribution in [1.82, 2.24) is 9.21 Å². The monoisotopic (exact) mass is 424 g/mol. The lowest BCUT2D eigenvalue weighted by molar-refractivity contribution is -0.135. The van der Waals surface area contributed by atoms with E-state index in [9.17, 15) is 26.4 Å². The lowest BCUT2D eigenvalue weighted by Gasteiger charge is -2.36. The summed E-state index contributed by atoms with van der Waals surface area (Å²) in [5, 5.41) is 0. The van der Waals surface area contributed by atoms with Crippen molar-refractivity contribution in [2.75, 3.05) is 26.2 Å². The van der Waals surface area contributed by atoms with Crippen LogP contribution in [0.15, 0.2) is 47.4 Å². The standard InChI is InChI=1S/C20H19F3N2O3S/c21-15-3-1-14(2-4-15)20(7-8-20)19(26)24-9-11-25(12-10-24)29(27,28)18-13-16(22)5-6-17(18)23/h1-6,13H,7-12H2. The summed E-state index contributed by atoms with van der Waals surface area (Å²) in [5.41, 5.74) is 0.0736. The fraction of sp³-hybridized carbons (Fsp3) is 0.350. The summed E-state index contributed by atoms with van der Waals surface area (Å²) in [7, 11) is -4.20. The Morgan fingerprint density at radius 3 is 2.03 bits per heavy atom. The Morgan fingerprint density at radius 2 is 1.45 bits per heavy atom. The largest absolute Gasteiger partial charge is 0.339 e. The van der Waals surface area contributed by atoms with E-state index in [0.717, 1.165) is 22.0 Å². The lowest BCUT2D eigenvalue weighted by Crippen LogP contribution is -2.53. The lowest BCUT2D eigenvalue weighted by atomic mass is 9.94. The van der Waals surface area contributed by atoms with Crippen LogP contribution in [0.5, 0.6) is 0 Å². The molecule has 154 valence electrons. The maximum atomic E-state index is 13.9. The first-order valence-electron chi connectivity index (χ1n) is 9.25. The average Bonchev–Trinajstić information content (AvgIpc) is 3.52. The summed E-state index contributed by atoms with van der Waals surface area (Å²) in [6.45, 7) is 0.281. The molecule has 0 unspecified atom stereocenters. The number of carbonyl (C=O) groups is 1. The number of hydrogen-bond acceptors (Lipinski definition) is 3. The van der Waals surface area contributed by atoms with E-state index in [2.05, 4.69) is 0 Å². The maximum Gasteiger partial charge on any atom is 0.246 e. The van der Waals surface area contributed by atoms with E-state index >= 15 is 0 Å². The molecule has 1 saturated carbocycles. The minimum atomic E-state index is -4.20. The smallest absolute Gasteiger partial charge is 0.246 e. The van der Waals surface area contributed by atoms with Gasteiger partial charge in [-0.3, -0.25) is 4.79 Å². The molecular weight excluding hydrogens is 405 g/mol. The van der Waals surface area contributed by atoms with Crippen molar-refractivity contribution in [2.24, 2.45) is 0 Å². The summed E-state index contributed by atoms with van der Waals surface area (Å²) in [4.78, 5) is 13.9. The summed E-state index contributed by atoms with van der Waals surface area (Å²) < 4.78 is 67.0. The zero-order valence-electron chi connectivity index (χ0n) is 15.4. The van der Waals surface area contributed by atoms with E-state index in [0.29, 0.717) is 18.9 Å². The molecule has 2 aliphatic rings. The van der Waals surface area contributed by atoms with E-state index in [-0.39, 0.29) is 37.9 Å². The third-order valence-corrected chi connectivity index (χ3v) is 7.51. The molecule has 2 fully saturated rings. The van der Waals surface area contributed by atoms with E-state index in [4.69, 9.17) is 0 Å². The molecule has 1 aliphatic carbocycles. The van der Waals surface area contributed by atoms with Crippen molar-refractivity contribution in [3.63, 3.8) is 0 Å². The number of amides is 1. The van der Waals surface area contributed by atoms with Gasteiger partial charge in [0, 0.05) is 26.2 Å². The van der Waals surface area contributed by atoms with Crippen LogP contribution in [-0.2, 0) is 20.2 Å². The van der Waals surface area contributed by atoms with Gasteiger partial charge in [0.25, 0.3) is 0 Å². The second-order valence-electron chi connectivity index (χ2n) is 7.36. The summed E-state index contributed by atoms with van der Waals surface area (Å²) in [5.74, 6) is -2.34. The minimum absolute atomic E-state index is 0.0104. The van der Waals surface area contributed by atoms with Crippen molar-refractivity contribution in [1.29, 1.82) is 0 Å². The topological polar surface area (TPSA) is 57.7 Å². The van der Waals surface area contributed by atoms with Gasteiger partial charge in [-0.25, -0.2) is 21.6 Å². The third-order valence-electron chi connectivity index (χ3n) is 5.59.